The van der Waals surface area contributed by atoms with Gasteiger partial charge < -0.3 is 5.11 Å². The van der Waals surface area contributed by atoms with Gasteiger partial charge in [-0.25, -0.2) is 0 Å². The van der Waals surface area contributed by atoms with Crippen LogP contribution in [-0.2, 0) is 25.2 Å². The number of nitrogens with zero attached hydrogens (tertiary/aromatic N) is 1. The van der Waals surface area contributed by atoms with E-state index >= 15 is 0 Å². The van der Waals surface area contributed by atoms with Crippen molar-refractivity contribution in [1.82, 2.24) is 10.2 Å². The van der Waals surface area contributed by atoms with Crippen LogP contribution in [0.4, 0.5) is 0 Å². The van der Waals surface area contributed by atoms with E-state index < -0.39 is 46.4 Å². The SMILES string of the molecule is O=C(O)CCCCCCCCS(=O)c1cccc2c1C(=O)N(C1CCC(=O)NC1=O)C2=O. The fourth-order valence-electron chi connectivity index (χ4n) is 4.00. The number of benzene rings is 1. The Labute approximate surface area is 188 Å². The maximum absolute atomic E-state index is 13.0. The molecule has 3 rings (SSSR count). The van der Waals surface area contributed by atoms with Crippen molar-refractivity contribution >= 4 is 40.4 Å². The third-order valence-electron chi connectivity index (χ3n) is 5.65. The van der Waals surface area contributed by atoms with Crippen LogP contribution in [0.5, 0.6) is 0 Å². The molecule has 2 unspecified atom stereocenters. The van der Waals surface area contributed by atoms with E-state index in [2.05, 4.69) is 5.32 Å². The highest BCUT2D eigenvalue weighted by molar-refractivity contribution is 7.85. The minimum atomic E-state index is -1.48. The van der Waals surface area contributed by atoms with Crippen molar-refractivity contribution in [2.45, 2.75) is 68.7 Å². The quantitative estimate of drug-likeness (QED) is 0.379. The molecule has 2 aliphatic rings. The van der Waals surface area contributed by atoms with Gasteiger partial charge in [-0.05, 0) is 31.4 Å². The first-order chi connectivity index (χ1) is 15.3. The van der Waals surface area contributed by atoms with Gasteiger partial charge >= 0.3 is 5.97 Å². The molecule has 2 heterocycles. The molecule has 0 saturated carbocycles. The number of unbranched alkanes of at least 4 members (excludes halogenated alkanes) is 5. The van der Waals surface area contributed by atoms with Crippen molar-refractivity contribution in [2.75, 3.05) is 5.75 Å². The molecule has 9 nitrogen and oxygen atoms in total. The van der Waals surface area contributed by atoms with Gasteiger partial charge in [-0.1, -0.05) is 31.7 Å². The molecular weight excluding hydrogens is 436 g/mol. The molecule has 1 aromatic carbocycles. The fraction of sp³-hybridized carbons (Fsp3) is 0.500. The molecule has 2 N–H and O–H groups in total. The van der Waals surface area contributed by atoms with Crippen molar-refractivity contribution < 1.29 is 33.3 Å². The monoisotopic (exact) mass is 462 g/mol. The Bertz CT molecular complexity index is 975. The number of piperidine rings is 1. The van der Waals surface area contributed by atoms with Gasteiger partial charge in [0.2, 0.25) is 11.8 Å². The predicted molar refractivity (Wildman–Crippen MR) is 114 cm³/mol. The van der Waals surface area contributed by atoms with Gasteiger partial charge in [0.05, 0.1) is 26.8 Å². The van der Waals surface area contributed by atoms with Crippen LogP contribution in [0.15, 0.2) is 23.1 Å². The Hall–Kier alpha value is -2.88. The van der Waals surface area contributed by atoms with Crippen LogP contribution in [-0.4, -0.2) is 55.6 Å². The number of carboxylic acid groups (broad SMARTS) is 1. The Morgan fingerprint density at radius 1 is 1.03 bits per heavy atom. The van der Waals surface area contributed by atoms with Gasteiger partial charge in [0.15, 0.2) is 0 Å². The molecule has 2 aliphatic heterocycles. The third kappa shape index (κ3) is 5.29. The number of aliphatic carboxylic acids is 1. The molecule has 2 atom stereocenters. The zero-order valence-electron chi connectivity index (χ0n) is 17.6. The second kappa shape index (κ2) is 10.6. The average Bonchev–Trinajstić information content (AvgIpc) is 3.00. The molecule has 0 radical (unpaired) electrons. The normalized spacial score (nSPS) is 19.1. The zero-order valence-corrected chi connectivity index (χ0v) is 18.4. The predicted octanol–water partition coefficient (Wildman–Crippen LogP) is 2.01. The van der Waals surface area contributed by atoms with Crippen LogP contribution in [0.25, 0.3) is 0 Å². The van der Waals surface area contributed by atoms with Gasteiger partial charge in [-0.2, -0.15) is 0 Å². The highest BCUT2D eigenvalue weighted by Crippen LogP contribution is 2.31. The van der Waals surface area contributed by atoms with Crippen molar-refractivity contribution in [1.29, 1.82) is 0 Å². The number of fused-ring (bicyclic) bond motifs is 1. The summed E-state index contributed by atoms with van der Waals surface area (Å²) in [6.45, 7) is 0. The van der Waals surface area contributed by atoms with Gasteiger partial charge in [0.1, 0.15) is 6.04 Å². The van der Waals surface area contributed by atoms with E-state index in [-0.39, 0.29) is 35.3 Å². The Balaban J connectivity index is 1.59. The summed E-state index contributed by atoms with van der Waals surface area (Å²) in [5, 5.41) is 10.8. The standard InChI is InChI=1S/C22H26N2O7S/c25-17-12-11-15(20(28)23-17)24-21(29)14-8-7-9-16(19(14)22(24)30)32(31)13-6-4-2-1-3-5-10-18(26)27/h7-9,15H,1-6,10-13H2,(H,26,27)(H,23,25,28). The van der Waals surface area contributed by atoms with E-state index in [1.54, 1.807) is 12.1 Å². The van der Waals surface area contributed by atoms with Crippen LogP contribution < -0.4 is 5.32 Å². The number of carbonyl (C=O) groups excluding carboxylic acids is 4. The van der Waals surface area contributed by atoms with E-state index in [9.17, 15) is 28.2 Å². The first-order valence-electron chi connectivity index (χ1n) is 10.8. The first kappa shape index (κ1) is 23.8. The van der Waals surface area contributed by atoms with Crippen LogP contribution in [0, 0.1) is 0 Å². The Kier molecular flexibility index (Phi) is 7.89. The average molecular weight is 463 g/mol. The van der Waals surface area contributed by atoms with Crippen molar-refractivity contribution in [3.05, 3.63) is 29.3 Å². The summed E-state index contributed by atoms with van der Waals surface area (Å²) in [7, 11) is -1.48. The van der Waals surface area contributed by atoms with Crippen molar-refractivity contribution in [2.24, 2.45) is 0 Å². The summed E-state index contributed by atoms with van der Waals surface area (Å²) in [4.78, 5) is 61.1. The third-order valence-corrected chi connectivity index (χ3v) is 7.14. The van der Waals surface area contributed by atoms with Gasteiger partial charge in [-0.15, -0.1) is 0 Å². The van der Waals surface area contributed by atoms with E-state index in [1.807, 2.05) is 0 Å². The van der Waals surface area contributed by atoms with Crippen LogP contribution in [0.1, 0.15) is 78.5 Å². The second-order valence-electron chi connectivity index (χ2n) is 7.94. The Morgan fingerprint density at radius 2 is 1.72 bits per heavy atom. The number of rotatable bonds is 11. The number of carbonyl (C=O) groups is 5. The van der Waals surface area contributed by atoms with Gasteiger partial charge in [-0.3, -0.25) is 38.4 Å². The molecule has 0 spiro atoms. The molecule has 32 heavy (non-hydrogen) atoms. The fourth-order valence-corrected chi connectivity index (χ4v) is 5.34. The number of hydrogen-bond donors (Lipinski definition) is 2. The lowest BCUT2D eigenvalue weighted by molar-refractivity contribution is -0.138. The summed E-state index contributed by atoms with van der Waals surface area (Å²) in [5.74, 6) is -2.83. The number of carboxylic acids is 1. The van der Waals surface area contributed by atoms with E-state index in [0.717, 1.165) is 30.6 Å². The first-order valence-corrected chi connectivity index (χ1v) is 12.1. The lowest BCUT2D eigenvalue weighted by Gasteiger charge is -2.27. The van der Waals surface area contributed by atoms with Crippen LogP contribution in [0.2, 0.25) is 0 Å². The highest BCUT2D eigenvalue weighted by Gasteiger charge is 2.45. The smallest absolute Gasteiger partial charge is 0.303 e. The minimum Gasteiger partial charge on any atom is -0.481 e. The molecule has 1 aromatic rings. The lowest BCUT2D eigenvalue weighted by atomic mass is 10.0. The topological polar surface area (TPSA) is 138 Å². The van der Waals surface area contributed by atoms with Crippen molar-refractivity contribution in [3.63, 3.8) is 0 Å². The van der Waals surface area contributed by atoms with Crippen LogP contribution in [0.3, 0.4) is 0 Å². The summed E-state index contributed by atoms with van der Waals surface area (Å²) in [6, 6.07) is 3.58. The van der Waals surface area contributed by atoms with E-state index in [1.165, 1.54) is 6.07 Å². The number of hydrogen-bond acceptors (Lipinski definition) is 6. The molecule has 1 saturated heterocycles. The summed E-state index contributed by atoms with van der Waals surface area (Å²) in [5.41, 5.74) is 0.207. The molecule has 172 valence electrons. The second-order valence-corrected chi connectivity index (χ2v) is 9.48. The molecular formula is C22H26N2O7S. The zero-order chi connectivity index (χ0) is 23.3. The number of imide groups is 2. The maximum atomic E-state index is 13.0. The molecule has 0 aromatic heterocycles. The summed E-state index contributed by atoms with van der Waals surface area (Å²) < 4.78 is 12.9. The number of nitrogens with one attached hydrogen (secondary N) is 1. The van der Waals surface area contributed by atoms with E-state index in [4.69, 9.17) is 5.11 Å². The maximum Gasteiger partial charge on any atom is 0.303 e. The molecule has 1 fully saturated rings. The van der Waals surface area contributed by atoms with Gasteiger partial charge in [0, 0.05) is 18.6 Å². The highest BCUT2D eigenvalue weighted by atomic mass is 32.2. The Morgan fingerprint density at radius 3 is 2.41 bits per heavy atom. The molecule has 10 heteroatoms. The lowest BCUT2D eigenvalue weighted by Crippen LogP contribution is -2.54. The molecule has 0 bridgehead atoms. The minimum absolute atomic E-state index is 0.0406. The van der Waals surface area contributed by atoms with E-state index in [0.29, 0.717) is 18.6 Å². The molecule has 0 aliphatic carbocycles. The largest absolute Gasteiger partial charge is 0.481 e. The van der Waals surface area contributed by atoms with Crippen molar-refractivity contribution in [3.8, 4) is 0 Å². The summed E-state index contributed by atoms with van der Waals surface area (Å²) >= 11 is 0. The summed E-state index contributed by atoms with van der Waals surface area (Å²) in [6.07, 6.45) is 5.10. The van der Waals surface area contributed by atoms with Gasteiger partial charge in [0.25, 0.3) is 11.8 Å². The van der Waals surface area contributed by atoms with Crippen LogP contribution >= 0.6 is 0 Å². The number of amides is 4. The molecule has 4 amide bonds.